The van der Waals surface area contributed by atoms with Gasteiger partial charge in [-0.2, -0.15) is 0 Å². The maximum Gasteiger partial charge on any atom is 0.191 e. The summed E-state index contributed by atoms with van der Waals surface area (Å²) in [6, 6.07) is 7.21. The van der Waals surface area contributed by atoms with Crippen molar-refractivity contribution >= 4 is 17.3 Å². The molecule has 0 saturated heterocycles. The van der Waals surface area contributed by atoms with Crippen molar-refractivity contribution in [3.63, 3.8) is 0 Å². The van der Waals surface area contributed by atoms with Gasteiger partial charge in [-0.1, -0.05) is 0 Å². The van der Waals surface area contributed by atoms with E-state index in [9.17, 15) is 4.39 Å². The summed E-state index contributed by atoms with van der Waals surface area (Å²) in [5.41, 5.74) is 1.61. The molecule has 0 bridgehead atoms. The highest BCUT2D eigenvalue weighted by molar-refractivity contribution is 7.11. The molecule has 2 heterocycles. The molecule has 0 spiro atoms. The summed E-state index contributed by atoms with van der Waals surface area (Å²) < 4.78 is 24.6. The summed E-state index contributed by atoms with van der Waals surface area (Å²) in [5.74, 6) is 1.24. The first kappa shape index (κ1) is 18.7. The number of hydrogen-bond donors (Lipinski definition) is 2. The zero-order valence-corrected chi connectivity index (χ0v) is 15.9. The molecular formula is C19H24FN3O2S. The number of benzene rings is 1. The van der Waals surface area contributed by atoms with Crippen molar-refractivity contribution in [1.82, 2.24) is 10.6 Å². The van der Waals surface area contributed by atoms with Gasteiger partial charge in [-0.25, -0.2) is 9.38 Å². The Balaban J connectivity index is 1.60. The zero-order chi connectivity index (χ0) is 18.4. The number of rotatable bonds is 6. The van der Waals surface area contributed by atoms with Crippen LogP contribution in [-0.2, 0) is 24.3 Å². The summed E-state index contributed by atoms with van der Waals surface area (Å²) in [5, 5.41) is 6.54. The summed E-state index contributed by atoms with van der Waals surface area (Å²) >= 11 is 1.75. The largest absolute Gasteiger partial charge is 0.467 e. The van der Waals surface area contributed by atoms with E-state index in [0.29, 0.717) is 26.1 Å². The molecule has 0 radical (unpaired) electrons. The van der Waals surface area contributed by atoms with Crippen molar-refractivity contribution in [2.45, 2.75) is 33.4 Å². The first-order valence-electron chi connectivity index (χ1n) is 8.75. The second kappa shape index (κ2) is 9.00. The molecule has 2 aromatic rings. The van der Waals surface area contributed by atoms with Gasteiger partial charge >= 0.3 is 0 Å². The number of ether oxygens (including phenoxy) is 2. The third kappa shape index (κ3) is 4.95. The first-order valence-corrected chi connectivity index (χ1v) is 9.56. The molecule has 1 aromatic heterocycles. The van der Waals surface area contributed by atoms with E-state index >= 15 is 0 Å². The maximum atomic E-state index is 13.8. The molecule has 140 valence electrons. The fraction of sp³-hybridized carbons (Fsp3) is 0.421. The lowest BCUT2D eigenvalue weighted by molar-refractivity contribution is -0.0172. The van der Waals surface area contributed by atoms with Crippen molar-refractivity contribution in [3.8, 4) is 5.75 Å². The lowest BCUT2D eigenvalue weighted by Crippen LogP contribution is -2.38. The van der Waals surface area contributed by atoms with Gasteiger partial charge in [0.2, 0.25) is 0 Å². The number of aliphatic imine (C=N–C) groups is 1. The number of hydrogen-bond acceptors (Lipinski definition) is 4. The Morgan fingerprint density at radius 1 is 1.31 bits per heavy atom. The van der Waals surface area contributed by atoms with Crippen LogP contribution in [0.25, 0.3) is 0 Å². The summed E-state index contributed by atoms with van der Waals surface area (Å²) in [7, 11) is 0. The molecule has 0 amide bonds. The van der Waals surface area contributed by atoms with Crippen LogP contribution < -0.4 is 15.4 Å². The van der Waals surface area contributed by atoms with Gasteiger partial charge in [-0.3, -0.25) is 0 Å². The molecular weight excluding hydrogens is 353 g/mol. The van der Waals surface area contributed by atoms with E-state index in [1.807, 2.05) is 6.92 Å². The fourth-order valence-corrected chi connectivity index (χ4v) is 3.64. The van der Waals surface area contributed by atoms with Crippen LogP contribution in [0.4, 0.5) is 4.39 Å². The predicted octanol–water partition coefficient (Wildman–Crippen LogP) is 3.36. The van der Waals surface area contributed by atoms with Crippen molar-refractivity contribution in [3.05, 3.63) is 51.0 Å². The smallest absolute Gasteiger partial charge is 0.191 e. The first-order chi connectivity index (χ1) is 12.7. The number of fused-ring (bicyclic) bond motifs is 1. The van der Waals surface area contributed by atoms with E-state index in [1.165, 1.54) is 21.9 Å². The van der Waals surface area contributed by atoms with E-state index in [4.69, 9.17) is 9.47 Å². The van der Waals surface area contributed by atoms with Gasteiger partial charge in [-0.15, -0.1) is 11.3 Å². The Bertz CT molecular complexity index is 776. The Morgan fingerprint density at radius 2 is 2.19 bits per heavy atom. The fourth-order valence-electron chi connectivity index (χ4n) is 2.83. The SMILES string of the molecule is CCNC(=NCc1ccc(C)s1)NCCc1cc(F)cc2c1OCOC2. The van der Waals surface area contributed by atoms with Gasteiger partial charge in [0.25, 0.3) is 0 Å². The van der Waals surface area contributed by atoms with Gasteiger partial charge < -0.3 is 20.1 Å². The van der Waals surface area contributed by atoms with E-state index in [1.54, 1.807) is 11.3 Å². The minimum Gasteiger partial charge on any atom is -0.467 e. The highest BCUT2D eigenvalue weighted by Gasteiger charge is 2.16. The average molecular weight is 377 g/mol. The number of nitrogens with one attached hydrogen (secondary N) is 2. The Labute approximate surface area is 157 Å². The topological polar surface area (TPSA) is 54.9 Å². The monoisotopic (exact) mass is 377 g/mol. The van der Waals surface area contributed by atoms with E-state index < -0.39 is 0 Å². The standard InChI is InChI=1S/C19H24FN3O2S/c1-3-21-19(23-10-17-5-4-13(2)26-17)22-7-6-14-8-16(20)9-15-11-24-12-25-18(14)15/h4-5,8-9H,3,6-7,10-12H2,1-2H3,(H2,21,22,23). The molecule has 2 N–H and O–H groups in total. The molecule has 7 heteroatoms. The molecule has 0 saturated carbocycles. The molecule has 0 atom stereocenters. The lowest BCUT2D eigenvalue weighted by atomic mass is 10.1. The molecule has 0 aliphatic carbocycles. The summed E-state index contributed by atoms with van der Waals surface area (Å²) in [4.78, 5) is 7.13. The van der Waals surface area contributed by atoms with E-state index in [0.717, 1.165) is 29.4 Å². The Kier molecular flexibility index (Phi) is 6.46. The lowest BCUT2D eigenvalue weighted by Gasteiger charge is -2.21. The van der Waals surface area contributed by atoms with Crippen LogP contribution in [0.1, 0.15) is 27.8 Å². The van der Waals surface area contributed by atoms with Gasteiger partial charge in [-0.05, 0) is 50.1 Å². The third-order valence-corrected chi connectivity index (χ3v) is 4.96. The number of nitrogens with zero attached hydrogens (tertiary/aromatic N) is 1. The van der Waals surface area contributed by atoms with Crippen LogP contribution in [0.2, 0.25) is 0 Å². The van der Waals surface area contributed by atoms with Crippen molar-refractivity contribution in [2.24, 2.45) is 4.99 Å². The molecule has 5 nitrogen and oxygen atoms in total. The molecule has 3 rings (SSSR count). The van der Waals surface area contributed by atoms with Crippen LogP contribution in [0.5, 0.6) is 5.75 Å². The van der Waals surface area contributed by atoms with Gasteiger partial charge in [0.1, 0.15) is 11.6 Å². The van der Waals surface area contributed by atoms with Crippen LogP contribution in [0.3, 0.4) is 0 Å². The number of guanidine groups is 1. The van der Waals surface area contributed by atoms with Gasteiger partial charge in [0.05, 0.1) is 13.2 Å². The predicted molar refractivity (Wildman–Crippen MR) is 102 cm³/mol. The Hall–Kier alpha value is -2.12. The van der Waals surface area contributed by atoms with Crippen molar-refractivity contribution < 1.29 is 13.9 Å². The Morgan fingerprint density at radius 3 is 2.96 bits per heavy atom. The molecule has 1 aromatic carbocycles. The van der Waals surface area contributed by atoms with Crippen LogP contribution in [0.15, 0.2) is 29.3 Å². The molecule has 1 aliphatic rings. The van der Waals surface area contributed by atoms with E-state index in [2.05, 4.69) is 34.7 Å². The van der Waals surface area contributed by atoms with E-state index in [-0.39, 0.29) is 12.6 Å². The highest BCUT2D eigenvalue weighted by atomic mass is 32.1. The quantitative estimate of drug-likeness (QED) is 0.599. The molecule has 0 fully saturated rings. The summed E-state index contributed by atoms with van der Waals surface area (Å²) in [6.07, 6.45) is 0.641. The van der Waals surface area contributed by atoms with Gasteiger partial charge in [0.15, 0.2) is 12.8 Å². The minimum absolute atomic E-state index is 0.212. The highest BCUT2D eigenvalue weighted by Crippen LogP contribution is 2.29. The molecule has 1 aliphatic heterocycles. The molecule has 0 unspecified atom stereocenters. The zero-order valence-electron chi connectivity index (χ0n) is 15.1. The van der Waals surface area contributed by atoms with Gasteiger partial charge in [0, 0.05) is 28.4 Å². The normalized spacial score (nSPS) is 13.9. The number of thiophene rings is 1. The van der Waals surface area contributed by atoms with Crippen molar-refractivity contribution in [2.75, 3.05) is 19.9 Å². The number of aryl methyl sites for hydroxylation is 1. The number of halogens is 1. The third-order valence-electron chi connectivity index (χ3n) is 3.97. The minimum atomic E-state index is -0.263. The molecule has 26 heavy (non-hydrogen) atoms. The van der Waals surface area contributed by atoms with Crippen LogP contribution >= 0.6 is 11.3 Å². The van der Waals surface area contributed by atoms with Crippen LogP contribution in [0, 0.1) is 12.7 Å². The second-order valence-electron chi connectivity index (χ2n) is 6.05. The average Bonchev–Trinajstić information content (AvgIpc) is 3.05. The summed E-state index contributed by atoms with van der Waals surface area (Å²) in [6.45, 7) is 6.78. The second-order valence-corrected chi connectivity index (χ2v) is 7.42. The van der Waals surface area contributed by atoms with Crippen molar-refractivity contribution in [1.29, 1.82) is 0 Å². The maximum absolute atomic E-state index is 13.8. The van der Waals surface area contributed by atoms with Crippen LogP contribution in [-0.4, -0.2) is 25.8 Å².